The lowest BCUT2D eigenvalue weighted by molar-refractivity contribution is -0.116. The summed E-state index contributed by atoms with van der Waals surface area (Å²) in [4.78, 5) is 42.5. The number of benzene rings is 2. The summed E-state index contributed by atoms with van der Waals surface area (Å²) in [6.45, 7) is 1.66. The molecule has 1 N–H and O–H groups in total. The van der Waals surface area contributed by atoms with Crippen LogP contribution in [0.25, 0.3) is 22.2 Å². The number of anilines is 1. The Hall–Kier alpha value is -4.40. The van der Waals surface area contributed by atoms with Crippen LogP contribution in [-0.4, -0.2) is 39.7 Å². The predicted molar refractivity (Wildman–Crippen MR) is 128 cm³/mol. The molecule has 0 fully saturated rings. The second-order valence-electron chi connectivity index (χ2n) is 7.57. The molecule has 1 amide bonds. The van der Waals surface area contributed by atoms with Crippen LogP contribution in [0.2, 0.25) is 0 Å². The Kier molecular flexibility index (Phi) is 6.44. The molecule has 4 aromatic rings. The minimum atomic E-state index is -0.535. The number of esters is 1. The molecule has 9 nitrogen and oxygen atoms in total. The maximum absolute atomic E-state index is 13.2. The van der Waals surface area contributed by atoms with Crippen molar-refractivity contribution in [2.24, 2.45) is 7.05 Å². The molecule has 0 aliphatic carbocycles. The van der Waals surface area contributed by atoms with E-state index in [1.165, 1.54) is 10.9 Å². The van der Waals surface area contributed by atoms with Gasteiger partial charge in [-0.15, -0.1) is 0 Å². The largest absolute Gasteiger partial charge is 0.497 e. The molecular weight excluding hydrogens is 436 g/mol. The quantitative estimate of drug-likeness (QED) is 0.425. The van der Waals surface area contributed by atoms with E-state index in [0.717, 1.165) is 11.1 Å². The van der Waals surface area contributed by atoms with E-state index in [9.17, 15) is 14.4 Å². The lowest BCUT2D eigenvalue weighted by Crippen LogP contribution is -2.29. The lowest BCUT2D eigenvalue weighted by atomic mass is 10.1. The summed E-state index contributed by atoms with van der Waals surface area (Å²) in [6, 6.07) is 14.0. The van der Waals surface area contributed by atoms with E-state index in [0.29, 0.717) is 22.5 Å². The molecule has 0 saturated heterocycles. The van der Waals surface area contributed by atoms with Gasteiger partial charge >= 0.3 is 5.97 Å². The third-order valence-electron chi connectivity index (χ3n) is 5.34. The van der Waals surface area contributed by atoms with E-state index < -0.39 is 11.9 Å². The van der Waals surface area contributed by atoms with Crippen molar-refractivity contribution >= 4 is 28.6 Å². The molecule has 0 bridgehead atoms. The number of carbonyl (C=O) groups is 2. The number of aromatic nitrogens is 3. The molecule has 0 spiro atoms. The Morgan fingerprint density at radius 3 is 2.68 bits per heavy atom. The minimum absolute atomic E-state index is 0.219. The summed E-state index contributed by atoms with van der Waals surface area (Å²) in [5, 5.41) is 2.68. The number of carbonyl (C=O) groups excluding carboxylic acids is 2. The zero-order chi connectivity index (χ0) is 24.2. The molecule has 174 valence electrons. The molecule has 2 heterocycles. The number of aryl methyl sites for hydroxylation is 1. The first-order valence-corrected chi connectivity index (χ1v) is 10.7. The molecule has 0 aliphatic rings. The molecule has 2 aromatic carbocycles. The van der Waals surface area contributed by atoms with Crippen LogP contribution < -0.4 is 15.6 Å². The number of methoxy groups -OCH3 is 1. The number of nitrogens with zero attached hydrogens (tertiary/aromatic N) is 3. The van der Waals surface area contributed by atoms with Crippen molar-refractivity contribution < 1.29 is 19.1 Å². The highest BCUT2D eigenvalue weighted by Gasteiger charge is 2.18. The van der Waals surface area contributed by atoms with E-state index in [1.54, 1.807) is 49.9 Å². The van der Waals surface area contributed by atoms with Gasteiger partial charge in [0, 0.05) is 18.8 Å². The van der Waals surface area contributed by atoms with Crippen LogP contribution in [0.15, 0.2) is 65.8 Å². The van der Waals surface area contributed by atoms with E-state index in [-0.39, 0.29) is 24.3 Å². The first-order valence-electron chi connectivity index (χ1n) is 10.7. The van der Waals surface area contributed by atoms with Gasteiger partial charge in [0.1, 0.15) is 23.3 Å². The van der Waals surface area contributed by atoms with Crippen LogP contribution in [0.3, 0.4) is 0 Å². The second kappa shape index (κ2) is 9.62. The Morgan fingerprint density at radius 1 is 1.12 bits per heavy atom. The molecular formula is C25H24N4O5. The maximum atomic E-state index is 13.2. The van der Waals surface area contributed by atoms with Crippen molar-refractivity contribution in [2.45, 2.75) is 13.5 Å². The van der Waals surface area contributed by atoms with Crippen LogP contribution in [0, 0.1) is 0 Å². The fourth-order valence-corrected chi connectivity index (χ4v) is 3.75. The van der Waals surface area contributed by atoms with Crippen molar-refractivity contribution in [1.82, 2.24) is 14.1 Å². The van der Waals surface area contributed by atoms with E-state index >= 15 is 0 Å². The van der Waals surface area contributed by atoms with Gasteiger partial charge < -0.3 is 19.4 Å². The van der Waals surface area contributed by atoms with Crippen LogP contribution in [-0.2, 0) is 23.1 Å². The van der Waals surface area contributed by atoms with Gasteiger partial charge in [-0.3, -0.25) is 14.2 Å². The molecule has 4 rings (SSSR count). The lowest BCUT2D eigenvalue weighted by Gasteiger charge is -2.11. The molecule has 0 atom stereocenters. The van der Waals surface area contributed by atoms with Gasteiger partial charge in [0.2, 0.25) is 5.91 Å². The molecule has 34 heavy (non-hydrogen) atoms. The van der Waals surface area contributed by atoms with Crippen molar-refractivity contribution in [2.75, 3.05) is 19.0 Å². The van der Waals surface area contributed by atoms with Gasteiger partial charge in [-0.1, -0.05) is 24.3 Å². The number of ether oxygens (including phenoxy) is 2. The molecule has 0 radical (unpaired) electrons. The fraction of sp³-hybridized carbons (Fsp3) is 0.200. The Labute approximate surface area is 195 Å². The van der Waals surface area contributed by atoms with Gasteiger partial charge in [0.25, 0.3) is 5.56 Å². The predicted octanol–water partition coefficient (Wildman–Crippen LogP) is 3.23. The SMILES string of the molecule is CCOC(=O)c1ccccc1NC(=O)Cn1cnc2c(-c3cccc(OC)c3)cn(C)c2c1=O. The molecule has 0 aliphatic heterocycles. The van der Waals surface area contributed by atoms with Crippen molar-refractivity contribution in [3.05, 3.63) is 77.0 Å². The topological polar surface area (TPSA) is 104 Å². The number of para-hydroxylation sites is 1. The normalized spacial score (nSPS) is 10.8. The van der Waals surface area contributed by atoms with Gasteiger partial charge in [0.15, 0.2) is 0 Å². The number of nitrogens with one attached hydrogen (secondary N) is 1. The third kappa shape index (κ3) is 4.40. The Balaban J connectivity index is 1.62. The molecule has 9 heteroatoms. The van der Waals surface area contributed by atoms with Gasteiger partial charge in [-0.25, -0.2) is 9.78 Å². The summed E-state index contributed by atoms with van der Waals surface area (Å²) >= 11 is 0. The zero-order valence-corrected chi connectivity index (χ0v) is 19.1. The van der Waals surface area contributed by atoms with Crippen molar-refractivity contribution in [3.63, 3.8) is 0 Å². The summed E-state index contributed by atoms with van der Waals surface area (Å²) in [5.41, 5.74) is 2.76. The average molecular weight is 460 g/mol. The van der Waals surface area contributed by atoms with E-state index in [1.807, 2.05) is 30.5 Å². The van der Waals surface area contributed by atoms with Gasteiger partial charge in [-0.2, -0.15) is 0 Å². The van der Waals surface area contributed by atoms with Crippen molar-refractivity contribution in [1.29, 1.82) is 0 Å². The molecule has 0 unspecified atom stereocenters. The maximum Gasteiger partial charge on any atom is 0.340 e. The van der Waals surface area contributed by atoms with Gasteiger partial charge in [0.05, 0.1) is 31.3 Å². The van der Waals surface area contributed by atoms with Crippen LogP contribution >= 0.6 is 0 Å². The highest BCUT2D eigenvalue weighted by Crippen LogP contribution is 2.29. The summed E-state index contributed by atoms with van der Waals surface area (Å²) in [7, 11) is 3.35. The Morgan fingerprint density at radius 2 is 1.91 bits per heavy atom. The van der Waals surface area contributed by atoms with E-state index in [2.05, 4.69) is 10.3 Å². The average Bonchev–Trinajstić information content (AvgIpc) is 3.18. The monoisotopic (exact) mass is 460 g/mol. The van der Waals surface area contributed by atoms with Crippen LogP contribution in [0.1, 0.15) is 17.3 Å². The summed E-state index contributed by atoms with van der Waals surface area (Å²) in [6.07, 6.45) is 3.18. The first-order chi connectivity index (χ1) is 16.4. The highest BCUT2D eigenvalue weighted by atomic mass is 16.5. The van der Waals surface area contributed by atoms with Crippen LogP contribution in [0.4, 0.5) is 5.69 Å². The fourth-order valence-electron chi connectivity index (χ4n) is 3.75. The second-order valence-corrected chi connectivity index (χ2v) is 7.57. The first kappa shape index (κ1) is 22.8. The van der Waals surface area contributed by atoms with Crippen LogP contribution in [0.5, 0.6) is 5.75 Å². The van der Waals surface area contributed by atoms with Gasteiger partial charge in [-0.05, 0) is 36.8 Å². The number of hydrogen-bond donors (Lipinski definition) is 1. The van der Waals surface area contributed by atoms with E-state index in [4.69, 9.17) is 9.47 Å². The summed E-state index contributed by atoms with van der Waals surface area (Å²) < 4.78 is 13.3. The standard InChI is InChI=1S/C25H24N4O5/c1-4-34-25(32)18-10-5-6-11-20(18)27-21(30)14-29-15-26-22-19(13-28(2)23(22)24(29)31)16-8-7-9-17(12-16)33-3/h5-13,15H,4,14H2,1-3H3,(H,27,30). The highest BCUT2D eigenvalue weighted by molar-refractivity contribution is 6.01. The number of amides is 1. The zero-order valence-electron chi connectivity index (χ0n) is 19.1. The van der Waals surface area contributed by atoms with Crippen molar-refractivity contribution in [3.8, 4) is 16.9 Å². The molecule has 0 saturated carbocycles. The number of hydrogen-bond acceptors (Lipinski definition) is 6. The Bertz CT molecular complexity index is 1440. The smallest absolute Gasteiger partial charge is 0.340 e. The minimum Gasteiger partial charge on any atom is -0.497 e. The third-order valence-corrected chi connectivity index (χ3v) is 5.34. The number of fused-ring (bicyclic) bond motifs is 1. The number of rotatable bonds is 7. The molecule has 2 aromatic heterocycles. The summed E-state index contributed by atoms with van der Waals surface area (Å²) in [5.74, 6) is -0.308.